The zero-order valence-corrected chi connectivity index (χ0v) is 24.0. The van der Waals surface area contributed by atoms with Gasteiger partial charge < -0.3 is 21.1 Å². The second-order valence-corrected chi connectivity index (χ2v) is 11.4. The van der Waals surface area contributed by atoms with Gasteiger partial charge in [-0.2, -0.15) is 0 Å². The maximum atomic E-state index is 13.0. The van der Waals surface area contributed by atoms with Crippen LogP contribution in [-0.2, 0) is 21.2 Å². The fourth-order valence-corrected chi connectivity index (χ4v) is 5.70. The van der Waals surface area contributed by atoms with Crippen molar-refractivity contribution in [3.8, 4) is 0 Å². The van der Waals surface area contributed by atoms with Crippen LogP contribution in [0.1, 0.15) is 15.9 Å². The molecule has 0 saturated carbocycles. The first-order valence-electron chi connectivity index (χ1n) is 12.3. The van der Waals surface area contributed by atoms with Gasteiger partial charge in [0.2, 0.25) is 0 Å². The van der Waals surface area contributed by atoms with E-state index in [0.29, 0.717) is 16.9 Å². The number of nitrogens with one attached hydrogen (secondary N) is 4. The van der Waals surface area contributed by atoms with Crippen LogP contribution in [0.5, 0.6) is 0 Å². The number of carbonyl (C=O) groups excluding carboxylic acids is 2. The Balaban J connectivity index is 1.41. The summed E-state index contributed by atoms with van der Waals surface area (Å²) in [6, 6.07) is 22.7. The van der Waals surface area contributed by atoms with Crippen LogP contribution in [0.25, 0.3) is 0 Å². The second kappa shape index (κ2) is 13.4. The van der Waals surface area contributed by atoms with Gasteiger partial charge in [-0.05, 0) is 54.1 Å². The van der Waals surface area contributed by atoms with Crippen LogP contribution in [-0.4, -0.2) is 37.5 Å². The summed E-state index contributed by atoms with van der Waals surface area (Å²) >= 11 is 12.2. The van der Waals surface area contributed by atoms with E-state index in [2.05, 4.69) is 20.7 Å². The first kappa shape index (κ1) is 30.4. The summed E-state index contributed by atoms with van der Waals surface area (Å²) < 4.78 is 28.4. The van der Waals surface area contributed by atoms with Gasteiger partial charge in [-0.3, -0.25) is 9.52 Å². The van der Waals surface area contributed by atoms with Crippen molar-refractivity contribution in [2.24, 2.45) is 0 Å². The van der Waals surface area contributed by atoms with Crippen LogP contribution in [0.3, 0.4) is 0 Å². The Morgan fingerprint density at radius 1 is 0.738 bits per heavy atom. The first-order valence-corrected chi connectivity index (χ1v) is 14.6. The van der Waals surface area contributed by atoms with Crippen molar-refractivity contribution in [1.82, 2.24) is 5.32 Å². The molecule has 0 aromatic heterocycles. The Morgan fingerprint density at radius 3 is 2.00 bits per heavy atom. The number of amides is 3. The standard InChI is InChI=1S/C29H24Cl2N4O6S/c30-21-9-6-10-22(31)26(21)27(36)32-19-15-13-18(14-16-19)17-24(28(37)38)34-29(39)33-23-11-4-5-12-25(23)42(40,41)35-20-7-2-1-3-8-20/h1-16,24,35H,17H2,(H,32,36)(H,37,38)(H2,33,34,39). The number of benzene rings is 4. The number of para-hydroxylation sites is 2. The van der Waals surface area contributed by atoms with E-state index in [9.17, 15) is 27.9 Å². The Kier molecular flexibility index (Phi) is 9.68. The first-order chi connectivity index (χ1) is 20.0. The molecule has 0 radical (unpaired) electrons. The second-order valence-electron chi connectivity index (χ2n) is 8.91. The molecular formula is C29H24Cl2N4O6S. The van der Waals surface area contributed by atoms with Crippen molar-refractivity contribution >= 4 is 68.2 Å². The average molecular weight is 628 g/mol. The molecule has 0 bridgehead atoms. The molecule has 42 heavy (non-hydrogen) atoms. The maximum Gasteiger partial charge on any atom is 0.326 e. The molecule has 0 aliphatic carbocycles. The Labute approximate surface area is 251 Å². The molecule has 4 aromatic carbocycles. The average Bonchev–Trinajstić information content (AvgIpc) is 2.94. The molecule has 216 valence electrons. The monoisotopic (exact) mass is 626 g/mol. The van der Waals surface area contributed by atoms with E-state index in [4.69, 9.17) is 23.2 Å². The molecule has 0 aliphatic heterocycles. The Morgan fingerprint density at radius 2 is 1.36 bits per heavy atom. The minimum absolute atomic E-state index is 0.0405. The number of anilines is 3. The lowest BCUT2D eigenvalue weighted by Gasteiger charge is -2.17. The van der Waals surface area contributed by atoms with E-state index in [1.54, 1.807) is 72.8 Å². The van der Waals surface area contributed by atoms with Crippen molar-refractivity contribution in [2.45, 2.75) is 17.4 Å². The summed E-state index contributed by atoms with van der Waals surface area (Å²) in [6.07, 6.45) is -0.0944. The third kappa shape index (κ3) is 7.78. The lowest BCUT2D eigenvalue weighted by Crippen LogP contribution is -2.44. The quantitative estimate of drug-likeness (QED) is 0.148. The van der Waals surface area contributed by atoms with Gasteiger partial charge >= 0.3 is 12.0 Å². The summed E-state index contributed by atoms with van der Waals surface area (Å²) in [4.78, 5) is 37.1. The number of carboxylic acid groups (broad SMARTS) is 1. The number of hydrogen-bond donors (Lipinski definition) is 5. The van der Waals surface area contributed by atoms with Crippen molar-refractivity contribution in [3.05, 3.63) is 118 Å². The number of hydrogen-bond acceptors (Lipinski definition) is 5. The van der Waals surface area contributed by atoms with Crippen LogP contribution < -0.4 is 20.7 Å². The third-order valence-corrected chi connectivity index (χ3v) is 7.97. The molecule has 1 atom stereocenters. The van der Waals surface area contributed by atoms with E-state index in [-0.39, 0.29) is 32.6 Å². The van der Waals surface area contributed by atoms with E-state index in [1.165, 1.54) is 24.3 Å². The predicted molar refractivity (Wildman–Crippen MR) is 162 cm³/mol. The predicted octanol–water partition coefficient (Wildman–Crippen LogP) is 5.86. The third-order valence-electron chi connectivity index (χ3n) is 5.90. The van der Waals surface area contributed by atoms with Crippen molar-refractivity contribution in [1.29, 1.82) is 0 Å². The molecule has 4 aromatic rings. The summed E-state index contributed by atoms with van der Waals surface area (Å²) in [5, 5.41) is 17.6. The highest BCUT2D eigenvalue weighted by molar-refractivity contribution is 7.92. The summed E-state index contributed by atoms with van der Waals surface area (Å²) in [5.74, 6) is -1.82. The van der Waals surface area contributed by atoms with Crippen LogP contribution in [0.2, 0.25) is 10.0 Å². The Bertz CT molecular complexity index is 1700. The van der Waals surface area contributed by atoms with Gasteiger partial charge in [0.1, 0.15) is 10.9 Å². The normalized spacial score (nSPS) is 11.7. The molecule has 0 aliphatic rings. The molecule has 4 rings (SSSR count). The highest BCUT2D eigenvalue weighted by Crippen LogP contribution is 2.26. The number of carbonyl (C=O) groups is 3. The molecule has 10 nitrogen and oxygen atoms in total. The number of aliphatic carboxylic acids is 1. The number of rotatable bonds is 10. The van der Waals surface area contributed by atoms with Crippen LogP contribution >= 0.6 is 23.2 Å². The van der Waals surface area contributed by atoms with Crippen molar-refractivity contribution in [2.75, 3.05) is 15.4 Å². The van der Waals surface area contributed by atoms with E-state index in [1.807, 2.05) is 0 Å². The molecule has 3 amide bonds. The van der Waals surface area contributed by atoms with E-state index in [0.717, 1.165) is 0 Å². The fraction of sp³-hybridized carbons (Fsp3) is 0.0690. The van der Waals surface area contributed by atoms with Crippen LogP contribution in [0, 0.1) is 0 Å². The zero-order valence-electron chi connectivity index (χ0n) is 21.7. The molecule has 0 spiro atoms. The summed E-state index contributed by atoms with van der Waals surface area (Å²) in [7, 11) is -4.07. The molecule has 1 unspecified atom stereocenters. The summed E-state index contributed by atoms with van der Waals surface area (Å²) in [5.41, 5.74) is 1.38. The van der Waals surface area contributed by atoms with E-state index < -0.39 is 34.0 Å². The van der Waals surface area contributed by atoms with Gasteiger partial charge in [-0.25, -0.2) is 18.0 Å². The van der Waals surface area contributed by atoms with Gasteiger partial charge in [0, 0.05) is 17.8 Å². The van der Waals surface area contributed by atoms with Gasteiger partial charge in [0.05, 0.1) is 21.3 Å². The SMILES string of the molecule is O=C(Nc1ccccc1S(=O)(=O)Nc1ccccc1)NC(Cc1ccc(NC(=O)c2c(Cl)cccc2Cl)cc1)C(=O)O. The minimum Gasteiger partial charge on any atom is -0.480 e. The van der Waals surface area contributed by atoms with Crippen molar-refractivity contribution < 1.29 is 27.9 Å². The molecule has 0 fully saturated rings. The van der Waals surface area contributed by atoms with Crippen LogP contribution in [0.15, 0.2) is 102 Å². The highest BCUT2D eigenvalue weighted by Gasteiger charge is 2.24. The smallest absolute Gasteiger partial charge is 0.326 e. The Hall–Kier alpha value is -4.58. The van der Waals surface area contributed by atoms with Crippen LogP contribution in [0.4, 0.5) is 21.9 Å². The number of urea groups is 1. The summed E-state index contributed by atoms with van der Waals surface area (Å²) in [6.45, 7) is 0. The number of sulfonamides is 1. The number of carboxylic acids is 1. The highest BCUT2D eigenvalue weighted by atomic mass is 35.5. The van der Waals surface area contributed by atoms with Gasteiger partial charge in [-0.1, -0.05) is 71.7 Å². The largest absolute Gasteiger partial charge is 0.480 e. The van der Waals surface area contributed by atoms with E-state index >= 15 is 0 Å². The lowest BCUT2D eigenvalue weighted by atomic mass is 10.1. The molecule has 0 heterocycles. The molecular weight excluding hydrogens is 603 g/mol. The number of halogens is 2. The molecule has 5 N–H and O–H groups in total. The fourth-order valence-electron chi connectivity index (χ4n) is 3.91. The van der Waals surface area contributed by atoms with Gasteiger partial charge in [-0.15, -0.1) is 0 Å². The van der Waals surface area contributed by atoms with Gasteiger partial charge in [0.25, 0.3) is 15.9 Å². The molecule has 13 heteroatoms. The molecule has 0 saturated heterocycles. The van der Waals surface area contributed by atoms with Crippen molar-refractivity contribution in [3.63, 3.8) is 0 Å². The zero-order chi connectivity index (χ0) is 30.3. The lowest BCUT2D eigenvalue weighted by molar-refractivity contribution is -0.139. The maximum absolute atomic E-state index is 13.0. The topological polar surface area (TPSA) is 154 Å². The minimum atomic E-state index is -4.07. The van der Waals surface area contributed by atoms with Gasteiger partial charge in [0.15, 0.2) is 0 Å².